The van der Waals surface area contributed by atoms with Gasteiger partial charge in [0.05, 0.1) is 25.0 Å². The second kappa shape index (κ2) is 8.70. The number of aromatic nitrogens is 2. The molecule has 0 unspecified atom stereocenters. The number of rotatable bonds is 8. The van der Waals surface area contributed by atoms with Crippen molar-refractivity contribution in [3.63, 3.8) is 0 Å². The van der Waals surface area contributed by atoms with Gasteiger partial charge in [-0.05, 0) is 37.5 Å². The minimum atomic E-state index is -0.0456. The summed E-state index contributed by atoms with van der Waals surface area (Å²) in [5.41, 5.74) is 2.04. The number of hydrogen-bond acceptors (Lipinski definition) is 3. The highest BCUT2D eigenvalue weighted by molar-refractivity contribution is 6.30. The molecule has 0 aliphatic rings. The zero-order valence-electron chi connectivity index (χ0n) is 13.3. The molecule has 23 heavy (non-hydrogen) atoms. The number of aryl methyl sites for hydroxylation is 2. The highest BCUT2D eigenvalue weighted by Gasteiger charge is 2.14. The summed E-state index contributed by atoms with van der Waals surface area (Å²) in [6, 6.07) is 7.67. The second-order valence-corrected chi connectivity index (χ2v) is 5.95. The number of aromatic amines is 1. The van der Waals surface area contributed by atoms with Gasteiger partial charge in [-0.25, -0.2) is 4.98 Å². The van der Waals surface area contributed by atoms with Crippen LogP contribution in [0.5, 0.6) is 0 Å². The molecule has 2 N–H and O–H groups in total. The Kier molecular flexibility index (Phi) is 6.62. The maximum atomic E-state index is 12.3. The van der Waals surface area contributed by atoms with E-state index in [-0.39, 0.29) is 12.5 Å². The van der Waals surface area contributed by atoms with Gasteiger partial charge >= 0.3 is 0 Å². The van der Waals surface area contributed by atoms with Crippen LogP contribution in [0.3, 0.4) is 0 Å². The van der Waals surface area contributed by atoms with Gasteiger partial charge in [-0.3, -0.25) is 4.79 Å². The smallest absolute Gasteiger partial charge is 0.223 e. The summed E-state index contributed by atoms with van der Waals surface area (Å²) in [6.45, 7) is 2.60. The molecule has 1 heterocycles. The highest BCUT2D eigenvalue weighted by atomic mass is 35.5. The Labute approximate surface area is 141 Å². The third-order valence-corrected chi connectivity index (χ3v) is 3.86. The number of carbonyl (C=O) groups excluding carboxylic acids is 1. The van der Waals surface area contributed by atoms with Crippen molar-refractivity contribution in [3.05, 3.63) is 52.6 Å². The normalized spacial score (nSPS) is 10.7. The van der Waals surface area contributed by atoms with Crippen molar-refractivity contribution in [2.45, 2.75) is 32.7 Å². The van der Waals surface area contributed by atoms with Crippen LogP contribution in [-0.4, -0.2) is 39.0 Å². The molecule has 2 rings (SSSR count). The van der Waals surface area contributed by atoms with E-state index in [0.29, 0.717) is 24.5 Å². The predicted molar refractivity (Wildman–Crippen MR) is 90.2 cm³/mol. The Hall–Kier alpha value is -1.85. The van der Waals surface area contributed by atoms with Crippen LogP contribution >= 0.6 is 11.6 Å². The summed E-state index contributed by atoms with van der Waals surface area (Å²) in [6.07, 6.45) is 3.78. The van der Waals surface area contributed by atoms with Crippen LogP contribution in [0.25, 0.3) is 0 Å². The van der Waals surface area contributed by atoms with E-state index in [2.05, 4.69) is 9.97 Å². The SMILES string of the molecule is Cc1ncc(CN(CCO)C(=O)CCCc2ccc(Cl)cc2)[nH]1. The fraction of sp³-hybridized carbons (Fsp3) is 0.412. The number of imidazole rings is 1. The van der Waals surface area contributed by atoms with Crippen LogP contribution in [0.4, 0.5) is 0 Å². The molecule has 0 aliphatic carbocycles. The van der Waals surface area contributed by atoms with Crippen molar-refractivity contribution in [3.8, 4) is 0 Å². The minimum absolute atomic E-state index is 0.0419. The first kappa shape index (κ1) is 17.5. The van der Waals surface area contributed by atoms with Crippen molar-refractivity contribution in [2.24, 2.45) is 0 Å². The maximum Gasteiger partial charge on any atom is 0.223 e. The summed E-state index contributed by atoms with van der Waals surface area (Å²) in [5.74, 6) is 0.861. The fourth-order valence-corrected chi connectivity index (χ4v) is 2.55. The van der Waals surface area contributed by atoms with Gasteiger partial charge in [-0.1, -0.05) is 23.7 Å². The first-order valence-corrected chi connectivity index (χ1v) is 8.10. The molecule has 1 aromatic carbocycles. The van der Waals surface area contributed by atoms with Crippen LogP contribution in [0.2, 0.25) is 5.02 Å². The van der Waals surface area contributed by atoms with Crippen LogP contribution in [0, 0.1) is 6.92 Å². The van der Waals surface area contributed by atoms with Crippen LogP contribution in [-0.2, 0) is 17.8 Å². The van der Waals surface area contributed by atoms with Gasteiger partial charge < -0.3 is 15.0 Å². The summed E-state index contributed by atoms with van der Waals surface area (Å²) >= 11 is 5.86. The van der Waals surface area contributed by atoms with Gasteiger partial charge in [0.1, 0.15) is 5.82 Å². The minimum Gasteiger partial charge on any atom is -0.395 e. The summed E-state index contributed by atoms with van der Waals surface area (Å²) < 4.78 is 0. The van der Waals surface area contributed by atoms with Crippen molar-refractivity contribution >= 4 is 17.5 Å². The first-order chi connectivity index (χ1) is 11.1. The van der Waals surface area contributed by atoms with Gasteiger partial charge in [-0.2, -0.15) is 0 Å². The third-order valence-electron chi connectivity index (χ3n) is 3.61. The zero-order chi connectivity index (χ0) is 16.7. The molecule has 0 radical (unpaired) electrons. The Balaban J connectivity index is 1.83. The lowest BCUT2D eigenvalue weighted by Gasteiger charge is -2.21. The number of aliphatic hydroxyl groups excluding tert-OH is 1. The summed E-state index contributed by atoms with van der Waals surface area (Å²) in [7, 11) is 0. The van der Waals surface area contributed by atoms with Crippen LogP contribution in [0.15, 0.2) is 30.5 Å². The Morgan fingerprint density at radius 2 is 2.09 bits per heavy atom. The number of benzene rings is 1. The van der Waals surface area contributed by atoms with Crippen molar-refractivity contribution < 1.29 is 9.90 Å². The molecule has 1 amide bonds. The molecule has 0 saturated heterocycles. The molecule has 124 valence electrons. The number of halogens is 1. The highest BCUT2D eigenvalue weighted by Crippen LogP contribution is 2.12. The van der Waals surface area contributed by atoms with Gasteiger partial charge in [0.2, 0.25) is 5.91 Å². The van der Waals surface area contributed by atoms with Crippen LogP contribution < -0.4 is 0 Å². The number of aliphatic hydroxyl groups is 1. The van der Waals surface area contributed by atoms with E-state index in [1.165, 1.54) is 5.56 Å². The Bertz CT molecular complexity index is 625. The largest absolute Gasteiger partial charge is 0.395 e. The topological polar surface area (TPSA) is 69.2 Å². The molecule has 2 aromatic rings. The number of carbonyl (C=O) groups is 1. The van der Waals surface area contributed by atoms with Crippen LogP contribution in [0.1, 0.15) is 29.9 Å². The van der Waals surface area contributed by atoms with E-state index in [1.807, 2.05) is 31.2 Å². The summed E-state index contributed by atoms with van der Waals surface area (Å²) in [5, 5.41) is 9.88. The first-order valence-electron chi connectivity index (χ1n) is 7.72. The Morgan fingerprint density at radius 1 is 1.35 bits per heavy atom. The molecule has 0 fully saturated rings. The fourth-order valence-electron chi connectivity index (χ4n) is 2.42. The monoisotopic (exact) mass is 335 g/mol. The van der Waals surface area contributed by atoms with Crippen molar-refractivity contribution in [1.82, 2.24) is 14.9 Å². The lowest BCUT2D eigenvalue weighted by atomic mass is 10.1. The Morgan fingerprint density at radius 3 is 2.70 bits per heavy atom. The lowest BCUT2D eigenvalue weighted by Crippen LogP contribution is -2.33. The lowest BCUT2D eigenvalue weighted by molar-refractivity contribution is -0.132. The number of nitrogens with one attached hydrogen (secondary N) is 1. The van der Waals surface area contributed by atoms with E-state index in [9.17, 15) is 4.79 Å². The van der Waals surface area contributed by atoms with Crippen molar-refractivity contribution in [2.75, 3.05) is 13.2 Å². The second-order valence-electron chi connectivity index (χ2n) is 5.51. The number of H-pyrrole nitrogens is 1. The van der Waals surface area contributed by atoms with Gasteiger partial charge in [0, 0.05) is 18.0 Å². The molecule has 6 heteroatoms. The van der Waals surface area contributed by atoms with E-state index >= 15 is 0 Å². The van der Waals surface area contributed by atoms with Crippen molar-refractivity contribution in [1.29, 1.82) is 0 Å². The van der Waals surface area contributed by atoms with Gasteiger partial charge in [0.15, 0.2) is 0 Å². The molecule has 0 aliphatic heterocycles. The molecule has 0 bridgehead atoms. The van der Waals surface area contributed by atoms with E-state index < -0.39 is 0 Å². The molecular formula is C17H22ClN3O2. The molecule has 1 aromatic heterocycles. The molecule has 0 spiro atoms. The van der Waals surface area contributed by atoms with E-state index in [1.54, 1.807) is 11.1 Å². The third kappa shape index (κ3) is 5.69. The molecular weight excluding hydrogens is 314 g/mol. The maximum absolute atomic E-state index is 12.3. The van der Waals surface area contributed by atoms with Gasteiger partial charge in [-0.15, -0.1) is 0 Å². The average molecular weight is 336 g/mol. The zero-order valence-corrected chi connectivity index (χ0v) is 14.0. The van der Waals surface area contributed by atoms with E-state index in [4.69, 9.17) is 16.7 Å². The standard InChI is InChI=1S/C17H22ClN3O2/c1-13-19-11-16(20-13)12-21(9-10-22)17(23)4-2-3-14-5-7-15(18)8-6-14/h5-8,11,22H,2-4,9-10,12H2,1H3,(H,19,20). The van der Waals surface area contributed by atoms with Gasteiger partial charge in [0.25, 0.3) is 0 Å². The van der Waals surface area contributed by atoms with E-state index in [0.717, 1.165) is 24.4 Å². The average Bonchev–Trinajstić information content (AvgIpc) is 2.94. The molecule has 0 atom stereocenters. The number of nitrogens with zero attached hydrogens (tertiary/aromatic N) is 2. The quantitative estimate of drug-likeness (QED) is 0.779. The summed E-state index contributed by atoms with van der Waals surface area (Å²) in [4.78, 5) is 21.2. The predicted octanol–water partition coefficient (Wildman–Crippen LogP) is 2.72. The number of amides is 1. The molecule has 5 nitrogen and oxygen atoms in total. The number of hydrogen-bond donors (Lipinski definition) is 2. The molecule has 0 saturated carbocycles.